The highest BCUT2D eigenvalue weighted by molar-refractivity contribution is 7.89. The molecule has 0 saturated heterocycles. The summed E-state index contributed by atoms with van der Waals surface area (Å²) in [6.07, 6.45) is 0.524. The molecule has 0 saturated carbocycles. The number of nitrogens with one attached hydrogen (secondary N) is 1. The van der Waals surface area contributed by atoms with Crippen molar-refractivity contribution in [2.24, 2.45) is 0 Å². The summed E-state index contributed by atoms with van der Waals surface area (Å²) in [5.41, 5.74) is 4.52. The fraction of sp³-hybridized carbons (Fsp3) is 0.240. The van der Waals surface area contributed by atoms with Crippen LogP contribution in [0.25, 0.3) is 0 Å². The van der Waals surface area contributed by atoms with Gasteiger partial charge < -0.3 is 5.32 Å². The molecule has 1 heterocycles. The fourth-order valence-corrected chi connectivity index (χ4v) is 5.72. The van der Waals surface area contributed by atoms with Crippen molar-refractivity contribution in [2.75, 3.05) is 11.9 Å². The van der Waals surface area contributed by atoms with Crippen molar-refractivity contribution in [3.63, 3.8) is 0 Å². The third-order valence-corrected chi connectivity index (χ3v) is 7.75. The Balaban J connectivity index is 1.67. The molecule has 1 amide bonds. The van der Waals surface area contributed by atoms with E-state index < -0.39 is 21.9 Å². The van der Waals surface area contributed by atoms with E-state index in [1.54, 1.807) is 0 Å². The highest BCUT2D eigenvalue weighted by Gasteiger charge is 2.37. The van der Waals surface area contributed by atoms with E-state index in [4.69, 9.17) is 0 Å². The van der Waals surface area contributed by atoms with Gasteiger partial charge in [0.15, 0.2) is 0 Å². The molecule has 166 valence electrons. The lowest BCUT2D eigenvalue weighted by atomic mass is 9.92. The molecule has 32 heavy (non-hydrogen) atoms. The van der Waals surface area contributed by atoms with Gasteiger partial charge in [-0.1, -0.05) is 36.4 Å². The number of rotatable bonds is 5. The van der Waals surface area contributed by atoms with E-state index in [1.807, 2.05) is 56.3 Å². The highest BCUT2D eigenvalue weighted by Crippen LogP contribution is 2.36. The molecular weight excluding hydrogens is 427 g/mol. The Morgan fingerprint density at radius 1 is 1.06 bits per heavy atom. The summed E-state index contributed by atoms with van der Waals surface area (Å²) >= 11 is 0. The van der Waals surface area contributed by atoms with Gasteiger partial charge in [0, 0.05) is 18.7 Å². The minimum absolute atomic E-state index is 0.0122. The van der Waals surface area contributed by atoms with Gasteiger partial charge in [-0.2, -0.15) is 4.31 Å². The number of hydrogen-bond donors (Lipinski definition) is 1. The fourth-order valence-electron chi connectivity index (χ4n) is 4.12. The number of benzene rings is 3. The van der Waals surface area contributed by atoms with Crippen molar-refractivity contribution in [2.45, 2.75) is 37.6 Å². The minimum Gasteiger partial charge on any atom is -0.326 e. The Morgan fingerprint density at radius 2 is 1.78 bits per heavy atom. The zero-order valence-electron chi connectivity index (χ0n) is 18.0. The summed E-state index contributed by atoms with van der Waals surface area (Å²) in [6, 6.07) is 17.5. The molecule has 3 aromatic carbocycles. The summed E-state index contributed by atoms with van der Waals surface area (Å²) < 4.78 is 41.6. The molecule has 3 aromatic rings. The molecule has 4 rings (SSSR count). The largest absolute Gasteiger partial charge is 0.326 e. The third-order valence-electron chi connectivity index (χ3n) is 5.83. The molecule has 1 N–H and O–H groups in total. The monoisotopic (exact) mass is 452 g/mol. The van der Waals surface area contributed by atoms with Crippen LogP contribution >= 0.6 is 0 Å². The van der Waals surface area contributed by atoms with Gasteiger partial charge in [0.25, 0.3) is 0 Å². The second kappa shape index (κ2) is 8.84. The Hall–Kier alpha value is -3.03. The molecule has 1 aliphatic rings. The second-order valence-corrected chi connectivity index (χ2v) is 10.00. The van der Waals surface area contributed by atoms with Crippen LogP contribution in [0.2, 0.25) is 0 Å². The molecule has 7 heteroatoms. The van der Waals surface area contributed by atoms with Crippen LogP contribution in [0.4, 0.5) is 10.1 Å². The van der Waals surface area contributed by atoms with Crippen LogP contribution in [-0.4, -0.2) is 25.2 Å². The van der Waals surface area contributed by atoms with Gasteiger partial charge in [-0.05, 0) is 72.9 Å². The topological polar surface area (TPSA) is 66.5 Å². The van der Waals surface area contributed by atoms with Crippen molar-refractivity contribution in [1.29, 1.82) is 0 Å². The molecule has 0 fully saturated rings. The van der Waals surface area contributed by atoms with Crippen LogP contribution in [0.15, 0.2) is 71.6 Å². The standard InChI is InChI=1S/C25H25FN2O3S/c1-17-7-8-18(2)23(15-17)27-25(29)16-24-22-6-4-3-5-19(22)13-14-28(24)32(30,31)21-11-9-20(26)10-12-21/h3-12,15,24H,13-14,16H2,1-2H3,(H,27,29). The minimum atomic E-state index is -3.92. The number of aryl methyl sites for hydroxylation is 2. The Kier molecular flexibility index (Phi) is 6.13. The number of nitrogens with zero attached hydrogens (tertiary/aromatic N) is 1. The molecular formula is C25H25FN2O3S. The first-order valence-corrected chi connectivity index (χ1v) is 11.9. The van der Waals surface area contributed by atoms with E-state index in [0.717, 1.165) is 34.4 Å². The summed E-state index contributed by atoms with van der Waals surface area (Å²) in [4.78, 5) is 13.0. The lowest BCUT2D eigenvalue weighted by Gasteiger charge is -2.36. The SMILES string of the molecule is Cc1ccc(C)c(NC(=O)CC2c3ccccc3CCN2S(=O)(=O)c2ccc(F)cc2)c1. The molecule has 5 nitrogen and oxygen atoms in total. The maximum absolute atomic E-state index is 13.4. The maximum Gasteiger partial charge on any atom is 0.243 e. The van der Waals surface area contributed by atoms with Crippen LogP contribution in [0.3, 0.4) is 0 Å². The van der Waals surface area contributed by atoms with Gasteiger partial charge in [-0.25, -0.2) is 12.8 Å². The first kappa shape index (κ1) is 22.2. The van der Waals surface area contributed by atoms with Crippen molar-refractivity contribution in [1.82, 2.24) is 4.31 Å². The van der Waals surface area contributed by atoms with Gasteiger partial charge in [0.05, 0.1) is 10.9 Å². The van der Waals surface area contributed by atoms with Crippen molar-refractivity contribution in [3.05, 3.63) is 94.8 Å². The Morgan fingerprint density at radius 3 is 2.53 bits per heavy atom. The van der Waals surface area contributed by atoms with E-state index in [1.165, 1.54) is 16.4 Å². The number of amides is 1. The van der Waals surface area contributed by atoms with E-state index in [0.29, 0.717) is 12.1 Å². The Labute approximate surface area is 187 Å². The number of halogens is 1. The molecule has 1 unspecified atom stereocenters. The zero-order valence-corrected chi connectivity index (χ0v) is 18.8. The molecule has 1 atom stereocenters. The first-order valence-electron chi connectivity index (χ1n) is 10.5. The lowest BCUT2D eigenvalue weighted by molar-refractivity contribution is -0.117. The van der Waals surface area contributed by atoms with E-state index in [9.17, 15) is 17.6 Å². The normalized spacial score (nSPS) is 16.4. The van der Waals surface area contributed by atoms with Gasteiger partial charge >= 0.3 is 0 Å². The zero-order chi connectivity index (χ0) is 22.9. The van der Waals surface area contributed by atoms with Crippen molar-refractivity contribution in [3.8, 4) is 0 Å². The number of carbonyl (C=O) groups is 1. The average Bonchev–Trinajstić information content (AvgIpc) is 2.76. The van der Waals surface area contributed by atoms with Crippen LogP contribution in [0.5, 0.6) is 0 Å². The first-order chi connectivity index (χ1) is 15.3. The summed E-state index contributed by atoms with van der Waals surface area (Å²) in [5.74, 6) is -0.767. The van der Waals surface area contributed by atoms with Gasteiger partial charge in [-0.15, -0.1) is 0 Å². The average molecular weight is 453 g/mol. The lowest BCUT2D eigenvalue weighted by Crippen LogP contribution is -2.41. The summed E-state index contributed by atoms with van der Waals surface area (Å²) in [5, 5.41) is 2.94. The van der Waals surface area contributed by atoms with Gasteiger partial charge in [0.2, 0.25) is 15.9 Å². The Bertz CT molecular complexity index is 1260. The van der Waals surface area contributed by atoms with Gasteiger partial charge in [-0.3, -0.25) is 4.79 Å². The predicted octanol–water partition coefficient (Wildman–Crippen LogP) is 4.76. The maximum atomic E-state index is 13.4. The molecule has 0 aromatic heterocycles. The smallest absolute Gasteiger partial charge is 0.243 e. The van der Waals surface area contributed by atoms with Gasteiger partial charge in [0.1, 0.15) is 5.82 Å². The second-order valence-electron chi connectivity index (χ2n) is 8.10. The quantitative estimate of drug-likeness (QED) is 0.607. The highest BCUT2D eigenvalue weighted by atomic mass is 32.2. The number of hydrogen-bond acceptors (Lipinski definition) is 3. The van der Waals surface area contributed by atoms with Crippen molar-refractivity contribution < 1.29 is 17.6 Å². The van der Waals surface area contributed by atoms with E-state index in [2.05, 4.69) is 5.32 Å². The van der Waals surface area contributed by atoms with Crippen LogP contribution in [0, 0.1) is 19.7 Å². The predicted molar refractivity (Wildman–Crippen MR) is 122 cm³/mol. The molecule has 0 spiro atoms. The summed E-state index contributed by atoms with van der Waals surface area (Å²) in [7, 11) is -3.92. The molecule has 0 radical (unpaired) electrons. The van der Waals surface area contributed by atoms with Crippen molar-refractivity contribution >= 4 is 21.6 Å². The number of anilines is 1. The number of fused-ring (bicyclic) bond motifs is 1. The van der Waals surface area contributed by atoms with Crippen LogP contribution < -0.4 is 5.32 Å². The molecule has 1 aliphatic heterocycles. The van der Waals surface area contributed by atoms with E-state index >= 15 is 0 Å². The number of carbonyl (C=O) groups excluding carboxylic acids is 1. The number of sulfonamides is 1. The van der Waals surface area contributed by atoms with Crippen LogP contribution in [0.1, 0.15) is 34.7 Å². The molecule has 0 bridgehead atoms. The molecule has 0 aliphatic carbocycles. The van der Waals surface area contributed by atoms with Crippen LogP contribution in [-0.2, 0) is 21.2 Å². The van der Waals surface area contributed by atoms with E-state index in [-0.39, 0.29) is 23.8 Å². The summed E-state index contributed by atoms with van der Waals surface area (Å²) in [6.45, 7) is 4.11. The third kappa shape index (κ3) is 4.45.